The van der Waals surface area contributed by atoms with Crippen molar-refractivity contribution in [1.29, 1.82) is 5.26 Å². The van der Waals surface area contributed by atoms with Gasteiger partial charge in [0.05, 0.1) is 11.6 Å². The minimum absolute atomic E-state index is 0.00873. The van der Waals surface area contributed by atoms with Crippen molar-refractivity contribution in [3.63, 3.8) is 0 Å². The van der Waals surface area contributed by atoms with Crippen LogP contribution in [-0.2, 0) is 9.59 Å². The predicted molar refractivity (Wildman–Crippen MR) is 104 cm³/mol. The zero-order valence-corrected chi connectivity index (χ0v) is 16.0. The van der Waals surface area contributed by atoms with Crippen molar-refractivity contribution in [3.05, 3.63) is 29.8 Å². The molecule has 1 aromatic rings. The van der Waals surface area contributed by atoms with Gasteiger partial charge in [0.1, 0.15) is 0 Å². The maximum atomic E-state index is 12.1. The van der Waals surface area contributed by atoms with E-state index < -0.39 is 0 Å². The van der Waals surface area contributed by atoms with E-state index in [0.29, 0.717) is 18.4 Å². The fourth-order valence-electron chi connectivity index (χ4n) is 4.38. The van der Waals surface area contributed by atoms with Crippen molar-refractivity contribution < 1.29 is 9.59 Å². The molecule has 0 aromatic heterocycles. The average molecular weight is 368 g/mol. The molecule has 144 valence electrons. The molecule has 0 saturated carbocycles. The molecule has 1 N–H and O–H groups in total. The van der Waals surface area contributed by atoms with Crippen LogP contribution in [0.3, 0.4) is 0 Å². The van der Waals surface area contributed by atoms with E-state index in [1.165, 1.54) is 12.8 Å². The number of hydrogen-bond acceptors (Lipinski definition) is 4. The van der Waals surface area contributed by atoms with Gasteiger partial charge < -0.3 is 15.1 Å². The number of piperidine rings is 2. The summed E-state index contributed by atoms with van der Waals surface area (Å²) in [6.45, 7) is 3.89. The average Bonchev–Trinajstić information content (AvgIpc) is 2.66. The van der Waals surface area contributed by atoms with Crippen molar-refractivity contribution in [3.8, 4) is 6.07 Å². The molecule has 2 aliphatic rings. The summed E-state index contributed by atoms with van der Waals surface area (Å²) in [5.74, 6) is 0.270. The molecular formula is C21H28N4O2. The predicted octanol–water partition coefficient (Wildman–Crippen LogP) is 2.61. The molecule has 2 fully saturated rings. The van der Waals surface area contributed by atoms with Gasteiger partial charge in [0.15, 0.2) is 0 Å². The van der Waals surface area contributed by atoms with Gasteiger partial charge in [-0.25, -0.2) is 0 Å². The molecule has 2 amide bonds. The number of likely N-dealkylation sites (tertiary alicyclic amines) is 2. The van der Waals surface area contributed by atoms with Crippen molar-refractivity contribution in [2.45, 2.75) is 38.5 Å². The van der Waals surface area contributed by atoms with Crippen LogP contribution in [-0.4, -0.2) is 54.8 Å². The first-order chi connectivity index (χ1) is 13.0. The Hall–Kier alpha value is -2.39. The minimum atomic E-state index is 0.00873. The smallest absolute Gasteiger partial charge is 0.224 e. The molecule has 27 heavy (non-hydrogen) atoms. The Morgan fingerprint density at radius 1 is 1.26 bits per heavy atom. The molecule has 6 heteroatoms. The van der Waals surface area contributed by atoms with Gasteiger partial charge in [0.25, 0.3) is 0 Å². The second-order valence-electron chi connectivity index (χ2n) is 7.97. The molecule has 2 aliphatic heterocycles. The molecule has 0 bridgehead atoms. The van der Waals surface area contributed by atoms with Crippen LogP contribution in [0.2, 0.25) is 0 Å². The third-order valence-corrected chi connectivity index (χ3v) is 5.78. The highest BCUT2D eigenvalue weighted by molar-refractivity contribution is 5.90. The van der Waals surface area contributed by atoms with Crippen LogP contribution in [0.15, 0.2) is 24.3 Å². The molecule has 3 rings (SSSR count). The fourth-order valence-corrected chi connectivity index (χ4v) is 4.38. The largest absolute Gasteiger partial charge is 0.345 e. The standard InChI is InChI=1S/C21H28N4O2/c1-24-15-21(11-9-20(24)27)10-3-13-25(16-21)12-2-4-19(26)23-18-7-5-17(14-22)6-8-18/h5-8H,2-4,9-13,15-16H2,1H3,(H,23,26)/t21-/m1/s1. The zero-order valence-electron chi connectivity index (χ0n) is 16.0. The lowest BCUT2D eigenvalue weighted by atomic mass is 9.73. The lowest BCUT2D eigenvalue weighted by molar-refractivity contribution is -0.137. The second-order valence-corrected chi connectivity index (χ2v) is 7.97. The summed E-state index contributed by atoms with van der Waals surface area (Å²) in [5.41, 5.74) is 1.55. The van der Waals surface area contributed by atoms with Crippen LogP contribution in [0.4, 0.5) is 5.69 Å². The van der Waals surface area contributed by atoms with Gasteiger partial charge in [-0.15, -0.1) is 0 Å². The van der Waals surface area contributed by atoms with E-state index in [1.54, 1.807) is 24.3 Å². The SMILES string of the molecule is CN1C[C@@]2(CCCN(CCCC(=O)Nc3ccc(C#N)cc3)C2)CCC1=O. The number of carbonyl (C=O) groups excluding carboxylic acids is 2. The molecule has 0 aliphatic carbocycles. The number of nitrogens with one attached hydrogen (secondary N) is 1. The van der Waals surface area contributed by atoms with Crippen molar-refractivity contribution in [1.82, 2.24) is 9.80 Å². The first-order valence-electron chi connectivity index (χ1n) is 9.76. The van der Waals surface area contributed by atoms with E-state index in [2.05, 4.69) is 16.3 Å². The lowest BCUT2D eigenvalue weighted by Crippen LogP contribution is -2.53. The van der Waals surface area contributed by atoms with Gasteiger partial charge in [-0.3, -0.25) is 9.59 Å². The first kappa shape index (κ1) is 19.4. The van der Waals surface area contributed by atoms with Gasteiger partial charge in [0, 0.05) is 44.1 Å². The maximum absolute atomic E-state index is 12.1. The summed E-state index contributed by atoms with van der Waals surface area (Å²) in [4.78, 5) is 28.3. The Balaban J connectivity index is 1.42. The minimum Gasteiger partial charge on any atom is -0.345 e. The summed E-state index contributed by atoms with van der Waals surface area (Å²) in [7, 11) is 1.91. The number of rotatable bonds is 5. The fraction of sp³-hybridized carbons (Fsp3) is 0.571. The van der Waals surface area contributed by atoms with Gasteiger partial charge >= 0.3 is 0 Å². The van der Waals surface area contributed by atoms with Crippen LogP contribution in [0, 0.1) is 16.7 Å². The Morgan fingerprint density at radius 2 is 2.04 bits per heavy atom. The number of anilines is 1. The summed E-state index contributed by atoms with van der Waals surface area (Å²) in [5, 5.41) is 11.7. The monoisotopic (exact) mass is 368 g/mol. The molecule has 2 saturated heterocycles. The van der Waals surface area contributed by atoms with Crippen molar-refractivity contribution >= 4 is 17.5 Å². The molecule has 1 aromatic carbocycles. The second kappa shape index (κ2) is 8.53. The normalized spacial score (nSPS) is 23.3. The quantitative estimate of drug-likeness (QED) is 0.867. The zero-order chi connectivity index (χ0) is 19.3. The summed E-state index contributed by atoms with van der Waals surface area (Å²) < 4.78 is 0. The Morgan fingerprint density at radius 3 is 2.74 bits per heavy atom. The number of carbonyl (C=O) groups is 2. The number of benzene rings is 1. The highest BCUT2D eigenvalue weighted by Crippen LogP contribution is 2.38. The van der Waals surface area contributed by atoms with Crippen LogP contribution in [0.1, 0.15) is 44.1 Å². The van der Waals surface area contributed by atoms with Gasteiger partial charge in [-0.05, 0) is 63.0 Å². The molecule has 6 nitrogen and oxygen atoms in total. The summed E-state index contributed by atoms with van der Waals surface area (Å²) in [6.07, 6.45) is 5.33. The number of hydrogen-bond donors (Lipinski definition) is 1. The number of amides is 2. The van der Waals surface area contributed by atoms with E-state index in [-0.39, 0.29) is 17.2 Å². The van der Waals surface area contributed by atoms with Crippen LogP contribution < -0.4 is 5.32 Å². The van der Waals surface area contributed by atoms with Crippen LogP contribution in [0.25, 0.3) is 0 Å². The Kier molecular flexibility index (Phi) is 6.12. The third-order valence-electron chi connectivity index (χ3n) is 5.78. The van der Waals surface area contributed by atoms with E-state index in [4.69, 9.17) is 5.26 Å². The Labute approximate surface area is 161 Å². The topological polar surface area (TPSA) is 76.4 Å². The first-order valence-corrected chi connectivity index (χ1v) is 9.76. The van der Waals surface area contributed by atoms with E-state index in [9.17, 15) is 9.59 Å². The third kappa shape index (κ3) is 5.08. The number of nitriles is 1. The van der Waals surface area contributed by atoms with Crippen molar-refractivity contribution in [2.75, 3.05) is 38.5 Å². The van der Waals surface area contributed by atoms with E-state index in [1.807, 2.05) is 11.9 Å². The summed E-state index contributed by atoms with van der Waals surface area (Å²) in [6, 6.07) is 8.99. The summed E-state index contributed by atoms with van der Waals surface area (Å²) >= 11 is 0. The van der Waals surface area contributed by atoms with Crippen molar-refractivity contribution in [2.24, 2.45) is 5.41 Å². The van der Waals surface area contributed by atoms with E-state index >= 15 is 0 Å². The maximum Gasteiger partial charge on any atom is 0.224 e. The van der Waals surface area contributed by atoms with E-state index in [0.717, 1.165) is 44.7 Å². The molecular weight excluding hydrogens is 340 g/mol. The van der Waals surface area contributed by atoms with Crippen LogP contribution in [0.5, 0.6) is 0 Å². The van der Waals surface area contributed by atoms with Crippen LogP contribution >= 0.6 is 0 Å². The lowest BCUT2D eigenvalue weighted by Gasteiger charge is -2.47. The highest BCUT2D eigenvalue weighted by Gasteiger charge is 2.40. The molecule has 0 radical (unpaired) electrons. The number of nitrogens with zero attached hydrogens (tertiary/aromatic N) is 3. The molecule has 1 spiro atoms. The van der Waals surface area contributed by atoms with Gasteiger partial charge in [-0.2, -0.15) is 5.26 Å². The van der Waals surface area contributed by atoms with Gasteiger partial charge in [0.2, 0.25) is 11.8 Å². The molecule has 0 unspecified atom stereocenters. The molecule has 1 atom stereocenters. The Bertz CT molecular complexity index is 725. The van der Waals surface area contributed by atoms with Gasteiger partial charge in [-0.1, -0.05) is 0 Å². The molecule has 2 heterocycles. The highest BCUT2D eigenvalue weighted by atomic mass is 16.2.